The molecule has 0 fully saturated rings. The number of carbonyl (C=O) groups excluding carboxylic acids is 1. The molecule has 1 amide bonds. The molecule has 0 bridgehead atoms. The molecule has 8 nitrogen and oxygen atoms in total. The third-order valence-electron chi connectivity index (χ3n) is 5.58. The predicted octanol–water partition coefficient (Wildman–Crippen LogP) is 3.98. The van der Waals surface area contributed by atoms with Crippen LogP contribution < -0.4 is 15.4 Å². The predicted molar refractivity (Wildman–Crippen MR) is 129 cm³/mol. The number of carbonyl (C=O) groups is 1. The topological polar surface area (TPSA) is 102 Å². The van der Waals surface area contributed by atoms with E-state index in [1.54, 1.807) is 32.6 Å². The van der Waals surface area contributed by atoms with Crippen molar-refractivity contribution >= 4 is 22.6 Å². The second-order valence-electron chi connectivity index (χ2n) is 7.80. The van der Waals surface area contributed by atoms with Gasteiger partial charge in [0.15, 0.2) is 0 Å². The monoisotopic (exact) mass is 442 g/mol. The highest BCUT2D eigenvalue weighted by Gasteiger charge is 2.15. The lowest BCUT2D eigenvalue weighted by atomic mass is 9.96. The zero-order valence-corrected chi connectivity index (χ0v) is 19.1. The number of para-hydroxylation sites is 1. The zero-order chi connectivity index (χ0) is 23.4. The van der Waals surface area contributed by atoms with E-state index in [9.17, 15) is 4.79 Å². The lowest BCUT2D eigenvalue weighted by molar-refractivity contribution is 0.0964. The van der Waals surface area contributed by atoms with Crippen molar-refractivity contribution < 1.29 is 9.53 Å². The van der Waals surface area contributed by atoms with Gasteiger partial charge in [0.05, 0.1) is 23.9 Å². The fourth-order valence-corrected chi connectivity index (χ4v) is 3.82. The number of ether oxygens (including phenoxy) is 1. The molecule has 8 heteroatoms. The minimum atomic E-state index is -0.123. The van der Waals surface area contributed by atoms with Gasteiger partial charge in [-0.2, -0.15) is 0 Å². The first kappa shape index (κ1) is 22.1. The first-order valence-corrected chi connectivity index (χ1v) is 10.7. The van der Waals surface area contributed by atoms with Crippen LogP contribution in [0.25, 0.3) is 22.2 Å². The molecule has 0 saturated carbocycles. The minimum absolute atomic E-state index is 0.123. The van der Waals surface area contributed by atoms with E-state index < -0.39 is 0 Å². The normalized spacial score (nSPS) is 11.8. The maximum atomic E-state index is 12.2. The third-order valence-corrected chi connectivity index (χ3v) is 5.58. The van der Waals surface area contributed by atoms with Crippen LogP contribution in [-0.2, 0) is 0 Å². The van der Waals surface area contributed by atoms with Crippen LogP contribution in [-0.4, -0.2) is 46.5 Å². The van der Waals surface area contributed by atoms with Gasteiger partial charge in [0.2, 0.25) is 5.88 Å². The summed E-state index contributed by atoms with van der Waals surface area (Å²) in [6.07, 6.45) is 4.96. The van der Waals surface area contributed by atoms with Gasteiger partial charge in [0.1, 0.15) is 12.1 Å². The van der Waals surface area contributed by atoms with Gasteiger partial charge in [-0.1, -0.05) is 25.1 Å². The van der Waals surface area contributed by atoms with Crippen LogP contribution in [0.3, 0.4) is 0 Å². The number of benzene rings is 1. The molecule has 4 aromatic rings. The van der Waals surface area contributed by atoms with E-state index in [1.165, 1.54) is 6.33 Å². The van der Waals surface area contributed by atoms with Crippen LogP contribution in [0.15, 0.2) is 55.1 Å². The number of rotatable bonds is 7. The van der Waals surface area contributed by atoms with Crippen molar-refractivity contribution in [2.45, 2.75) is 19.8 Å². The van der Waals surface area contributed by atoms with Crippen LogP contribution >= 0.6 is 0 Å². The Morgan fingerprint density at radius 1 is 1.12 bits per heavy atom. The number of amides is 1. The number of hydrogen-bond acceptors (Lipinski definition) is 7. The van der Waals surface area contributed by atoms with E-state index in [4.69, 9.17) is 4.74 Å². The summed E-state index contributed by atoms with van der Waals surface area (Å²) in [4.78, 5) is 29.9. The summed E-state index contributed by atoms with van der Waals surface area (Å²) in [6, 6.07) is 11.6. The summed E-state index contributed by atoms with van der Waals surface area (Å²) < 4.78 is 5.24. The average Bonchev–Trinajstić information content (AvgIpc) is 2.86. The van der Waals surface area contributed by atoms with Crippen molar-refractivity contribution in [1.82, 2.24) is 25.3 Å². The largest absolute Gasteiger partial charge is 0.481 e. The zero-order valence-electron chi connectivity index (χ0n) is 19.1. The fraction of sp³-hybridized carbons (Fsp3) is 0.240. The second-order valence-corrected chi connectivity index (χ2v) is 7.80. The molecule has 4 rings (SSSR count). The lowest BCUT2D eigenvalue weighted by Crippen LogP contribution is -2.18. The molecule has 0 spiro atoms. The van der Waals surface area contributed by atoms with Gasteiger partial charge in [0.25, 0.3) is 5.91 Å². The summed E-state index contributed by atoms with van der Waals surface area (Å²) in [7, 11) is 3.23. The molecule has 0 aliphatic rings. The highest BCUT2D eigenvalue weighted by molar-refractivity contribution is 6.06. The second kappa shape index (κ2) is 9.60. The molecule has 1 unspecified atom stereocenters. The number of anilines is 1. The van der Waals surface area contributed by atoms with Crippen LogP contribution in [0.5, 0.6) is 5.88 Å². The van der Waals surface area contributed by atoms with Gasteiger partial charge in [-0.3, -0.25) is 9.78 Å². The number of hydrogen-bond donors (Lipinski definition) is 2. The Morgan fingerprint density at radius 3 is 2.73 bits per heavy atom. The van der Waals surface area contributed by atoms with Gasteiger partial charge in [-0.05, 0) is 24.6 Å². The van der Waals surface area contributed by atoms with E-state index in [0.29, 0.717) is 18.0 Å². The van der Waals surface area contributed by atoms with Gasteiger partial charge in [-0.25, -0.2) is 15.0 Å². The molecule has 1 atom stereocenters. The maximum Gasteiger partial charge on any atom is 0.251 e. The average molecular weight is 443 g/mol. The SMILES string of the molecule is CNC(=O)c1ccnc2c(C(C)CNc3cc(-c4cnc(OC)c(C)c4)ncn3)cccc12. The molecule has 2 N–H and O–H groups in total. The maximum absolute atomic E-state index is 12.2. The van der Waals surface area contributed by atoms with Crippen LogP contribution in [0.1, 0.15) is 34.3 Å². The van der Waals surface area contributed by atoms with Crippen molar-refractivity contribution in [3.05, 3.63) is 71.8 Å². The molecule has 0 radical (unpaired) electrons. The number of aryl methyl sites for hydroxylation is 1. The molecule has 1 aromatic carbocycles. The Hall–Kier alpha value is -4.07. The minimum Gasteiger partial charge on any atom is -0.481 e. The van der Waals surface area contributed by atoms with Crippen LogP contribution in [0.2, 0.25) is 0 Å². The molecular weight excluding hydrogens is 416 g/mol. The van der Waals surface area contributed by atoms with Crippen molar-refractivity contribution in [2.24, 2.45) is 0 Å². The highest BCUT2D eigenvalue weighted by Crippen LogP contribution is 2.27. The van der Waals surface area contributed by atoms with Crippen molar-refractivity contribution in [1.29, 1.82) is 0 Å². The molecular formula is C25H26N6O2. The summed E-state index contributed by atoms with van der Waals surface area (Å²) in [6.45, 7) is 4.71. The van der Waals surface area contributed by atoms with Crippen molar-refractivity contribution in [3.8, 4) is 17.1 Å². The Morgan fingerprint density at radius 2 is 1.97 bits per heavy atom. The van der Waals surface area contributed by atoms with Crippen LogP contribution in [0.4, 0.5) is 5.82 Å². The molecule has 3 heterocycles. The summed E-state index contributed by atoms with van der Waals surface area (Å²) >= 11 is 0. The highest BCUT2D eigenvalue weighted by atomic mass is 16.5. The van der Waals surface area contributed by atoms with E-state index in [0.717, 1.165) is 39.1 Å². The molecule has 0 aliphatic heterocycles. The molecule has 0 saturated heterocycles. The van der Waals surface area contributed by atoms with E-state index in [-0.39, 0.29) is 11.8 Å². The molecule has 168 valence electrons. The number of nitrogens with zero attached hydrogens (tertiary/aromatic N) is 4. The fourth-order valence-electron chi connectivity index (χ4n) is 3.82. The van der Waals surface area contributed by atoms with E-state index in [1.807, 2.05) is 37.3 Å². The van der Waals surface area contributed by atoms with Gasteiger partial charge < -0.3 is 15.4 Å². The molecule has 33 heavy (non-hydrogen) atoms. The number of fused-ring (bicyclic) bond motifs is 1. The number of aromatic nitrogens is 4. The molecule has 3 aromatic heterocycles. The van der Waals surface area contributed by atoms with Gasteiger partial charge in [-0.15, -0.1) is 0 Å². The summed E-state index contributed by atoms with van der Waals surface area (Å²) in [5.41, 5.74) is 5.13. The van der Waals surface area contributed by atoms with E-state index in [2.05, 4.69) is 37.5 Å². The van der Waals surface area contributed by atoms with Gasteiger partial charge >= 0.3 is 0 Å². The quantitative estimate of drug-likeness (QED) is 0.446. The third kappa shape index (κ3) is 4.59. The van der Waals surface area contributed by atoms with E-state index >= 15 is 0 Å². The smallest absolute Gasteiger partial charge is 0.251 e. The van der Waals surface area contributed by atoms with Crippen molar-refractivity contribution in [3.63, 3.8) is 0 Å². The number of nitrogens with one attached hydrogen (secondary N) is 2. The Bertz CT molecular complexity index is 1310. The van der Waals surface area contributed by atoms with Gasteiger partial charge in [0, 0.05) is 54.5 Å². The van der Waals surface area contributed by atoms with Crippen LogP contribution in [0, 0.1) is 6.92 Å². The first-order valence-electron chi connectivity index (χ1n) is 10.7. The Kier molecular flexibility index (Phi) is 6.44. The summed E-state index contributed by atoms with van der Waals surface area (Å²) in [5.74, 6) is 1.33. The number of methoxy groups -OCH3 is 1. The number of pyridine rings is 2. The summed E-state index contributed by atoms with van der Waals surface area (Å²) in [5, 5.41) is 6.93. The molecule has 0 aliphatic carbocycles. The first-order chi connectivity index (χ1) is 16.0. The van der Waals surface area contributed by atoms with Crippen molar-refractivity contribution in [2.75, 3.05) is 26.0 Å². The lowest BCUT2D eigenvalue weighted by Gasteiger charge is -2.16. The Balaban J connectivity index is 1.55. The standard InChI is InChI=1S/C25H26N6O2/c1-15-10-17(13-29-25(15)33-4)21-11-22(31-14-30-21)28-12-16(2)18-6-5-7-19-20(24(32)26-3)8-9-27-23(18)19/h5-11,13-14,16H,12H2,1-4H3,(H,26,32)(H,28,30,31). The Labute approximate surface area is 192 Å².